The van der Waals surface area contributed by atoms with Gasteiger partial charge in [0, 0.05) is 68.4 Å². The lowest BCUT2D eigenvalue weighted by atomic mass is 10.1. The molecule has 5 rings (SSSR count). The number of rotatable bonds is 6. The summed E-state index contributed by atoms with van der Waals surface area (Å²) in [5, 5.41) is 8.37. The Morgan fingerprint density at radius 1 is 1.15 bits per heavy atom. The highest BCUT2D eigenvalue weighted by Crippen LogP contribution is 2.27. The molecule has 0 spiro atoms. The molecule has 4 heterocycles. The molecule has 2 N–H and O–H groups in total. The molecular formula is C24H25N9O. The molecule has 172 valence electrons. The number of hydrogen-bond donors (Lipinski definition) is 2. The fraction of sp³-hybridized carbons (Fsp3) is 0.208. The molecule has 0 aliphatic carbocycles. The average molecular weight is 456 g/mol. The first kappa shape index (κ1) is 21.4. The maximum Gasteiger partial charge on any atom is 0.270 e. The highest BCUT2D eigenvalue weighted by atomic mass is 16.2. The van der Waals surface area contributed by atoms with Crippen molar-refractivity contribution >= 4 is 28.4 Å². The molecular weight excluding hydrogens is 430 g/mol. The topological polar surface area (TPSA) is 110 Å². The van der Waals surface area contributed by atoms with Gasteiger partial charge in [-0.15, -0.1) is 0 Å². The van der Waals surface area contributed by atoms with Crippen LogP contribution in [0, 0.1) is 6.92 Å². The molecule has 1 aromatic carbocycles. The number of aryl methyl sites for hydroxylation is 3. The molecule has 0 saturated heterocycles. The second-order valence-electron chi connectivity index (χ2n) is 8.44. The molecule has 4 aromatic heterocycles. The van der Waals surface area contributed by atoms with E-state index in [1.165, 1.54) is 0 Å². The first-order valence-corrected chi connectivity index (χ1v) is 10.8. The summed E-state index contributed by atoms with van der Waals surface area (Å²) in [7, 11) is 5.56. The molecule has 0 aliphatic rings. The van der Waals surface area contributed by atoms with Gasteiger partial charge in [-0.1, -0.05) is 0 Å². The second-order valence-corrected chi connectivity index (χ2v) is 8.44. The van der Waals surface area contributed by atoms with E-state index in [9.17, 15) is 4.79 Å². The monoisotopic (exact) mass is 455 g/mol. The first-order chi connectivity index (χ1) is 16.4. The van der Waals surface area contributed by atoms with Crippen LogP contribution in [0.5, 0.6) is 0 Å². The lowest BCUT2D eigenvalue weighted by molar-refractivity contribution is 0.0780. The molecule has 0 aliphatic heterocycles. The summed E-state index contributed by atoms with van der Waals surface area (Å²) in [6.07, 6.45) is 9.02. The highest BCUT2D eigenvalue weighted by molar-refractivity contribution is 5.99. The van der Waals surface area contributed by atoms with Gasteiger partial charge in [-0.25, -0.2) is 15.0 Å². The fourth-order valence-electron chi connectivity index (χ4n) is 3.95. The summed E-state index contributed by atoms with van der Waals surface area (Å²) in [6, 6.07) is 7.69. The van der Waals surface area contributed by atoms with Crippen LogP contribution in [0.15, 0.2) is 55.4 Å². The van der Waals surface area contributed by atoms with E-state index in [-0.39, 0.29) is 5.91 Å². The van der Waals surface area contributed by atoms with Gasteiger partial charge in [0.05, 0.1) is 18.2 Å². The van der Waals surface area contributed by atoms with Crippen molar-refractivity contribution in [3.63, 3.8) is 0 Å². The lowest BCUT2D eigenvalue weighted by Crippen LogP contribution is -2.26. The van der Waals surface area contributed by atoms with Crippen LogP contribution in [0.3, 0.4) is 0 Å². The Labute approximate surface area is 196 Å². The number of carbonyl (C=O) groups excluding carboxylic acids is 1. The number of nitrogens with one attached hydrogen (secondary N) is 2. The number of aromatic amines is 1. The first-order valence-electron chi connectivity index (χ1n) is 10.8. The van der Waals surface area contributed by atoms with Gasteiger partial charge < -0.3 is 19.8 Å². The smallest absolute Gasteiger partial charge is 0.270 e. The predicted octanol–water partition coefficient (Wildman–Crippen LogP) is 3.42. The van der Waals surface area contributed by atoms with Crippen molar-refractivity contribution in [1.82, 2.24) is 39.2 Å². The van der Waals surface area contributed by atoms with Crippen molar-refractivity contribution in [2.75, 3.05) is 12.4 Å². The largest absolute Gasteiger partial charge is 0.350 e. The summed E-state index contributed by atoms with van der Waals surface area (Å²) in [5.74, 6) is 0.394. The van der Waals surface area contributed by atoms with Gasteiger partial charge >= 0.3 is 0 Å². The minimum atomic E-state index is -0.0830. The molecule has 0 bridgehead atoms. The molecule has 0 atom stereocenters. The zero-order valence-electron chi connectivity index (χ0n) is 19.4. The quantitative estimate of drug-likeness (QED) is 0.406. The van der Waals surface area contributed by atoms with E-state index < -0.39 is 0 Å². The van der Waals surface area contributed by atoms with Gasteiger partial charge in [0.15, 0.2) is 0 Å². The number of anilines is 2. The van der Waals surface area contributed by atoms with E-state index in [1.807, 2.05) is 62.2 Å². The van der Waals surface area contributed by atoms with Gasteiger partial charge in [-0.2, -0.15) is 5.10 Å². The number of H-pyrrole nitrogens is 1. The zero-order chi connectivity index (χ0) is 23.8. The maximum absolute atomic E-state index is 13.0. The van der Waals surface area contributed by atoms with Crippen molar-refractivity contribution in [2.45, 2.75) is 13.5 Å². The van der Waals surface area contributed by atoms with E-state index in [0.717, 1.165) is 39.1 Å². The molecule has 0 unspecified atom stereocenters. The van der Waals surface area contributed by atoms with Crippen LogP contribution in [-0.2, 0) is 20.6 Å². The number of carbonyl (C=O) groups is 1. The molecule has 34 heavy (non-hydrogen) atoms. The van der Waals surface area contributed by atoms with Gasteiger partial charge in [0.25, 0.3) is 5.91 Å². The highest BCUT2D eigenvalue weighted by Gasteiger charge is 2.17. The summed E-state index contributed by atoms with van der Waals surface area (Å²) < 4.78 is 3.60. The number of nitrogens with zero attached hydrogens (tertiary/aromatic N) is 7. The van der Waals surface area contributed by atoms with Gasteiger partial charge in [-0.3, -0.25) is 9.48 Å². The Morgan fingerprint density at radius 2 is 2.00 bits per heavy atom. The molecule has 10 heteroatoms. The number of imidazole rings is 1. The Hall–Kier alpha value is -4.47. The van der Waals surface area contributed by atoms with Gasteiger partial charge in [0.2, 0.25) is 5.95 Å². The van der Waals surface area contributed by atoms with Crippen molar-refractivity contribution in [2.24, 2.45) is 14.1 Å². The van der Waals surface area contributed by atoms with Crippen molar-refractivity contribution in [3.8, 4) is 11.4 Å². The number of benzene rings is 1. The molecule has 10 nitrogen and oxygen atoms in total. The molecule has 0 saturated carbocycles. The Bertz CT molecular complexity index is 1490. The van der Waals surface area contributed by atoms with Crippen molar-refractivity contribution in [1.29, 1.82) is 0 Å². The fourth-order valence-corrected chi connectivity index (χ4v) is 3.95. The summed E-state index contributed by atoms with van der Waals surface area (Å²) in [5.41, 5.74) is 5.80. The predicted molar refractivity (Wildman–Crippen MR) is 130 cm³/mol. The molecule has 1 amide bonds. The Morgan fingerprint density at radius 3 is 2.74 bits per heavy atom. The van der Waals surface area contributed by atoms with Crippen LogP contribution in [0.1, 0.15) is 21.6 Å². The van der Waals surface area contributed by atoms with E-state index in [2.05, 4.69) is 30.4 Å². The number of amides is 1. The Kier molecular flexibility index (Phi) is 5.33. The standard InChI is InChI=1S/C24H25N9O/c1-15-7-18(28-24-25-6-5-19(30-24)21-13-31(2)14-26-21)8-17-9-20(29-22(15)17)23(34)32(3)11-16-10-27-33(4)12-16/h5-10,12-14,29H,11H2,1-4H3,(H,25,28,30). The van der Waals surface area contributed by atoms with Crippen molar-refractivity contribution < 1.29 is 4.79 Å². The van der Waals surface area contributed by atoms with Crippen LogP contribution in [0.25, 0.3) is 22.3 Å². The maximum atomic E-state index is 13.0. The van der Waals surface area contributed by atoms with Crippen LogP contribution in [0.2, 0.25) is 0 Å². The van der Waals surface area contributed by atoms with Crippen LogP contribution < -0.4 is 5.32 Å². The summed E-state index contributed by atoms with van der Waals surface area (Å²) >= 11 is 0. The zero-order valence-corrected chi connectivity index (χ0v) is 19.4. The normalized spacial score (nSPS) is 11.2. The summed E-state index contributed by atoms with van der Waals surface area (Å²) in [6.45, 7) is 2.49. The number of hydrogen-bond acceptors (Lipinski definition) is 6. The molecule has 0 fully saturated rings. The SMILES string of the molecule is Cc1cc(Nc2nccc(-c3cn(C)cn3)n2)cc2cc(C(=O)N(C)Cc3cnn(C)c3)[nH]c12. The van der Waals surface area contributed by atoms with Gasteiger partial charge in [-0.05, 0) is 36.8 Å². The summed E-state index contributed by atoms with van der Waals surface area (Å²) in [4.78, 5) is 31.2. The molecule has 5 aromatic rings. The van der Waals surface area contributed by atoms with Crippen LogP contribution in [-0.4, -0.2) is 52.1 Å². The average Bonchev–Trinajstić information content (AvgIpc) is 3.53. The third kappa shape index (κ3) is 4.25. The number of aromatic nitrogens is 7. The van der Waals surface area contributed by atoms with E-state index in [0.29, 0.717) is 18.2 Å². The van der Waals surface area contributed by atoms with E-state index in [1.54, 1.807) is 35.4 Å². The second kappa shape index (κ2) is 8.47. The van der Waals surface area contributed by atoms with E-state index >= 15 is 0 Å². The van der Waals surface area contributed by atoms with Crippen LogP contribution in [0.4, 0.5) is 11.6 Å². The van der Waals surface area contributed by atoms with Crippen LogP contribution >= 0.6 is 0 Å². The third-order valence-corrected chi connectivity index (χ3v) is 5.56. The van der Waals surface area contributed by atoms with E-state index in [4.69, 9.17) is 0 Å². The van der Waals surface area contributed by atoms with Crippen molar-refractivity contribution in [3.05, 3.63) is 72.2 Å². The molecule has 0 radical (unpaired) electrons. The minimum Gasteiger partial charge on any atom is -0.350 e. The number of fused-ring (bicyclic) bond motifs is 1. The minimum absolute atomic E-state index is 0.0830. The third-order valence-electron chi connectivity index (χ3n) is 5.56. The lowest BCUT2D eigenvalue weighted by Gasteiger charge is -2.15. The van der Waals surface area contributed by atoms with Gasteiger partial charge in [0.1, 0.15) is 11.4 Å². The Balaban J connectivity index is 1.38.